The van der Waals surface area contributed by atoms with Crippen molar-refractivity contribution < 1.29 is 13.2 Å². The summed E-state index contributed by atoms with van der Waals surface area (Å²) in [5.74, 6) is 0.925. The molecule has 0 aromatic heterocycles. The van der Waals surface area contributed by atoms with Crippen molar-refractivity contribution in [3.63, 3.8) is 0 Å². The molecule has 0 saturated carbocycles. The maximum Gasteiger partial charge on any atom is 0.225 e. The van der Waals surface area contributed by atoms with Gasteiger partial charge in [-0.1, -0.05) is 20.8 Å². The van der Waals surface area contributed by atoms with Crippen LogP contribution in [0.5, 0.6) is 0 Å². The molecule has 0 aromatic rings. The molecule has 7 nitrogen and oxygen atoms in total. The molecule has 1 aliphatic heterocycles. The summed E-state index contributed by atoms with van der Waals surface area (Å²) in [5, 5.41) is 8.98. The van der Waals surface area contributed by atoms with E-state index < -0.39 is 15.3 Å². The molecule has 130 valence electrons. The highest BCUT2D eigenvalue weighted by Gasteiger charge is 2.28. The quantitative estimate of drug-likeness (QED) is 0.247. The van der Waals surface area contributed by atoms with Gasteiger partial charge in [-0.25, -0.2) is 8.42 Å². The Hall–Kier alpha value is -0.580. The lowest BCUT2D eigenvalue weighted by Crippen LogP contribution is -2.46. The third-order valence-corrected chi connectivity index (χ3v) is 4.95. The molecule has 0 bridgehead atoms. The maximum absolute atomic E-state index is 11.7. The monoisotopic (exact) mass is 446 g/mol. The summed E-state index contributed by atoms with van der Waals surface area (Å²) in [7, 11) is -1.27. The van der Waals surface area contributed by atoms with Crippen LogP contribution in [0.15, 0.2) is 4.99 Å². The summed E-state index contributed by atoms with van der Waals surface area (Å²) >= 11 is 0. The van der Waals surface area contributed by atoms with Crippen LogP contribution in [0.3, 0.4) is 0 Å². The zero-order valence-electron chi connectivity index (χ0n) is 13.6. The molecular formula is C13H27IN4O3S. The first kappa shape index (κ1) is 21.4. The molecule has 1 heterocycles. The van der Waals surface area contributed by atoms with Crippen LogP contribution in [0.25, 0.3) is 0 Å². The van der Waals surface area contributed by atoms with Gasteiger partial charge in [0.15, 0.2) is 15.8 Å². The van der Waals surface area contributed by atoms with Crippen molar-refractivity contribution in [2.24, 2.45) is 10.4 Å². The van der Waals surface area contributed by atoms with Crippen LogP contribution in [0, 0.1) is 5.41 Å². The zero-order chi connectivity index (χ0) is 16.1. The van der Waals surface area contributed by atoms with Crippen molar-refractivity contribution in [1.29, 1.82) is 0 Å². The number of hydrogen-bond donors (Lipinski definition) is 3. The molecule has 22 heavy (non-hydrogen) atoms. The molecule has 1 atom stereocenters. The number of aliphatic imine (C=N–C) groups is 1. The average Bonchev–Trinajstić information content (AvgIpc) is 2.70. The van der Waals surface area contributed by atoms with E-state index in [0.717, 1.165) is 0 Å². The van der Waals surface area contributed by atoms with Gasteiger partial charge in [-0.15, -0.1) is 24.0 Å². The number of nitrogens with one attached hydrogen (secondary N) is 3. The number of halogens is 1. The van der Waals surface area contributed by atoms with E-state index >= 15 is 0 Å². The van der Waals surface area contributed by atoms with Crippen LogP contribution >= 0.6 is 24.0 Å². The number of hydrogen-bond acceptors (Lipinski definition) is 4. The van der Waals surface area contributed by atoms with Crippen molar-refractivity contribution in [2.75, 3.05) is 31.6 Å². The van der Waals surface area contributed by atoms with Gasteiger partial charge in [0.2, 0.25) is 5.91 Å². The van der Waals surface area contributed by atoms with Crippen molar-refractivity contribution in [2.45, 2.75) is 33.2 Å². The molecule has 1 fully saturated rings. The number of rotatable bonds is 4. The topological polar surface area (TPSA) is 99.7 Å². The van der Waals surface area contributed by atoms with E-state index in [1.807, 2.05) is 20.8 Å². The molecule has 1 aliphatic rings. The van der Waals surface area contributed by atoms with Gasteiger partial charge in [-0.05, 0) is 6.42 Å². The Bertz CT molecular complexity index is 500. The van der Waals surface area contributed by atoms with Gasteiger partial charge in [-0.3, -0.25) is 9.79 Å². The third-order valence-electron chi connectivity index (χ3n) is 3.18. The fraction of sp³-hybridized carbons (Fsp3) is 0.846. The number of carbonyl (C=O) groups excluding carboxylic acids is 1. The summed E-state index contributed by atoms with van der Waals surface area (Å²) in [5.41, 5.74) is -0.405. The molecule has 0 spiro atoms. The molecule has 1 unspecified atom stereocenters. The molecule has 1 amide bonds. The van der Waals surface area contributed by atoms with Gasteiger partial charge < -0.3 is 16.0 Å². The standard InChI is InChI=1S/C13H26N4O3S.HI/c1-13(2,3)11(18)15-6-7-16-12(14-4)17-10-5-8-21(19,20)9-10;/h10H,5-9H2,1-4H3,(H,15,18)(H2,14,16,17);1H. The largest absolute Gasteiger partial charge is 0.355 e. The van der Waals surface area contributed by atoms with Gasteiger partial charge >= 0.3 is 0 Å². The first-order chi connectivity index (χ1) is 9.64. The number of nitrogens with zero attached hydrogens (tertiary/aromatic N) is 1. The minimum Gasteiger partial charge on any atom is -0.355 e. The predicted molar refractivity (Wildman–Crippen MR) is 99.4 cm³/mol. The Balaban J connectivity index is 0.00000441. The van der Waals surface area contributed by atoms with Gasteiger partial charge in [0, 0.05) is 31.6 Å². The first-order valence-electron chi connectivity index (χ1n) is 7.10. The number of sulfone groups is 1. The highest BCUT2D eigenvalue weighted by molar-refractivity contribution is 14.0. The van der Waals surface area contributed by atoms with Gasteiger partial charge in [-0.2, -0.15) is 0 Å². The van der Waals surface area contributed by atoms with Gasteiger partial charge in [0.25, 0.3) is 0 Å². The fourth-order valence-electron chi connectivity index (χ4n) is 1.92. The Morgan fingerprint density at radius 1 is 1.23 bits per heavy atom. The average molecular weight is 446 g/mol. The van der Waals surface area contributed by atoms with Crippen molar-refractivity contribution in [3.8, 4) is 0 Å². The summed E-state index contributed by atoms with van der Waals surface area (Å²) in [6, 6.07) is -0.0923. The lowest BCUT2D eigenvalue weighted by Gasteiger charge is -2.19. The first-order valence-corrected chi connectivity index (χ1v) is 8.92. The minimum absolute atomic E-state index is 0. The van der Waals surface area contributed by atoms with E-state index in [1.54, 1.807) is 7.05 Å². The number of carbonyl (C=O) groups is 1. The summed E-state index contributed by atoms with van der Waals surface area (Å²) < 4.78 is 22.8. The molecule has 9 heteroatoms. The van der Waals surface area contributed by atoms with E-state index in [-0.39, 0.29) is 47.4 Å². The predicted octanol–water partition coefficient (Wildman–Crippen LogP) is 0.119. The molecule has 0 radical (unpaired) electrons. The smallest absolute Gasteiger partial charge is 0.225 e. The summed E-state index contributed by atoms with van der Waals surface area (Å²) in [6.45, 7) is 6.59. The maximum atomic E-state index is 11.7. The SMILES string of the molecule is CN=C(NCCNC(=O)C(C)(C)C)NC1CCS(=O)(=O)C1.I. The van der Waals surface area contributed by atoms with Crippen LogP contribution in [-0.4, -0.2) is 58.0 Å². The lowest BCUT2D eigenvalue weighted by atomic mass is 9.96. The Kier molecular flexibility index (Phi) is 8.66. The Morgan fingerprint density at radius 2 is 1.82 bits per heavy atom. The summed E-state index contributed by atoms with van der Waals surface area (Å²) in [4.78, 5) is 15.7. The second kappa shape index (κ2) is 8.90. The van der Waals surface area contributed by atoms with Crippen molar-refractivity contribution >= 4 is 45.7 Å². The number of guanidine groups is 1. The van der Waals surface area contributed by atoms with Gasteiger partial charge in [0.1, 0.15) is 0 Å². The van der Waals surface area contributed by atoms with Crippen LogP contribution in [0.1, 0.15) is 27.2 Å². The highest BCUT2D eigenvalue weighted by Crippen LogP contribution is 2.12. The molecule has 0 aliphatic carbocycles. The highest BCUT2D eigenvalue weighted by atomic mass is 127. The second-order valence-corrected chi connectivity index (χ2v) is 8.48. The van der Waals surface area contributed by atoms with Crippen LogP contribution in [0.4, 0.5) is 0 Å². The molecule has 0 aromatic carbocycles. The Morgan fingerprint density at radius 3 is 2.27 bits per heavy atom. The second-order valence-electron chi connectivity index (χ2n) is 6.25. The third kappa shape index (κ3) is 7.61. The minimum atomic E-state index is -2.90. The van der Waals surface area contributed by atoms with E-state index in [0.29, 0.717) is 25.5 Å². The summed E-state index contributed by atoms with van der Waals surface area (Å²) in [6.07, 6.45) is 0.601. The number of amides is 1. The molecule has 1 rings (SSSR count). The van der Waals surface area contributed by atoms with E-state index in [9.17, 15) is 13.2 Å². The van der Waals surface area contributed by atoms with Gasteiger partial charge in [0.05, 0.1) is 11.5 Å². The Labute approximate surface area is 150 Å². The van der Waals surface area contributed by atoms with Crippen molar-refractivity contribution in [1.82, 2.24) is 16.0 Å². The normalized spacial score (nSPS) is 20.9. The lowest BCUT2D eigenvalue weighted by molar-refractivity contribution is -0.128. The van der Waals surface area contributed by atoms with E-state index in [2.05, 4.69) is 20.9 Å². The van der Waals surface area contributed by atoms with E-state index in [4.69, 9.17) is 0 Å². The molecular weight excluding hydrogens is 419 g/mol. The fourth-order valence-corrected chi connectivity index (χ4v) is 3.59. The molecule has 1 saturated heterocycles. The zero-order valence-corrected chi connectivity index (χ0v) is 16.7. The van der Waals surface area contributed by atoms with Crippen molar-refractivity contribution in [3.05, 3.63) is 0 Å². The van der Waals surface area contributed by atoms with E-state index in [1.165, 1.54) is 0 Å². The van der Waals surface area contributed by atoms with Crippen LogP contribution in [0.2, 0.25) is 0 Å². The van der Waals surface area contributed by atoms with Crippen LogP contribution < -0.4 is 16.0 Å². The molecule has 3 N–H and O–H groups in total. The van der Waals surface area contributed by atoms with Crippen LogP contribution in [-0.2, 0) is 14.6 Å².